The van der Waals surface area contributed by atoms with Crippen molar-refractivity contribution in [2.24, 2.45) is 0 Å². The molecule has 1 heterocycles. The number of nitrogens with zero attached hydrogens (tertiary/aromatic N) is 1. The highest BCUT2D eigenvalue weighted by Crippen LogP contribution is 2.26. The molecule has 0 saturated carbocycles. The number of hydrogen-bond acceptors (Lipinski definition) is 2. The molecule has 0 fully saturated rings. The molecule has 0 bridgehead atoms. The monoisotopic (exact) mass is 259 g/mol. The second-order valence-corrected chi connectivity index (χ2v) is 4.36. The Balaban J connectivity index is 2.02. The molecule has 1 aliphatic heterocycles. The van der Waals surface area contributed by atoms with Gasteiger partial charge in [0.2, 0.25) is 0 Å². The normalized spacial score (nSPS) is 15.7. The quantitative estimate of drug-likeness (QED) is 0.907. The molecule has 1 aliphatic rings. The molecule has 0 unspecified atom stereocenters. The maximum absolute atomic E-state index is 12.1. The molecule has 6 heteroatoms. The van der Waals surface area contributed by atoms with Gasteiger partial charge in [-0.1, -0.05) is 6.07 Å². The first-order valence-electron chi connectivity index (χ1n) is 5.49. The van der Waals surface area contributed by atoms with Gasteiger partial charge in [0.15, 0.2) is 0 Å². The Bertz CT molecular complexity index is 471. The molecular weight excluding hydrogens is 247 g/mol. The maximum Gasteiger partial charge on any atom is 0.390 e. The molecule has 2 rings (SSSR count). The zero-order valence-corrected chi connectivity index (χ0v) is 9.50. The van der Waals surface area contributed by atoms with Crippen molar-refractivity contribution in [1.82, 2.24) is 4.90 Å². The van der Waals surface area contributed by atoms with E-state index in [1.165, 1.54) is 12.1 Å². The molecule has 0 radical (unpaired) electrons. The van der Waals surface area contributed by atoms with E-state index >= 15 is 0 Å². The predicted molar refractivity (Wildman–Crippen MR) is 58.2 cm³/mol. The van der Waals surface area contributed by atoms with Gasteiger partial charge in [-0.05, 0) is 23.3 Å². The molecule has 0 spiro atoms. The minimum absolute atomic E-state index is 0.0550. The molecular formula is C12H12F3NO2. The van der Waals surface area contributed by atoms with Crippen LogP contribution in [0.2, 0.25) is 0 Å². The lowest BCUT2D eigenvalue weighted by atomic mass is 10.1. The van der Waals surface area contributed by atoms with Crippen LogP contribution in [0.4, 0.5) is 13.2 Å². The maximum atomic E-state index is 12.1. The van der Waals surface area contributed by atoms with Crippen LogP contribution in [0.25, 0.3) is 0 Å². The number of carbonyl (C=O) groups is 1. The van der Waals surface area contributed by atoms with Crippen LogP contribution in [0, 0.1) is 0 Å². The molecule has 0 amide bonds. The van der Waals surface area contributed by atoms with Crippen LogP contribution in [0.1, 0.15) is 27.9 Å². The summed E-state index contributed by atoms with van der Waals surface area (Å²) in [6.07, 6.45) is -4.99. The summed E-state index contributed by atoms with van der Waals surface area (Å²) in [6.45, 7) is 0.776. The first kappa shape index (κ1) is 12.9. The predicted octanol–water partition coefficient (Wildman–Crippen LogP) is 2.65. The molecule has 98 valence electrons. The Labute approximate surface area is 102 Å². The third-order valence-corrected chi connectivity index (χ3v) is 2.95. The number of fused-ring (bicyclic) bond motifs is 1. The van der Waals surface area contributed by atoms with Crippen molar-refractivity contribution in [3.8, 4) is 0 Å². The fourth-order valence-electron chi connectivity index (χ4n) is 2.04. The molecule has 0 saturated heterocycles. The largest absolute Gasteiger partial charge is 0.478 e. The van der Waals surface area contributed by atoms with Crippen molar-refractivity contribution in [1.29, 1.82) is 0 Å². The third kappa shape index (κ3) is 3.01. The van der Waals surface area contributed by atoms with Gasteiger partial charge in [0.25, 0.3) is 0 Å². The van der Waals surface area contributed by atoms with Crippen LogP contribution in [0.3, 0.4) is 0 Å². The number of carboxylic acids is 1. The summed E-state index contributed by atoms with van der Waals surface area (Å²) < 4.78 is 36.3. The Hall–Kier alpha value is -1.56. The topological polar surface area (TPSA) is 40.5 Å². The van der Waals surface area contributed by atoms with Gasteiger partial charge in [0, 0.05) is 19.6 Å². The lowest BCUT2D eigenvalue weighted by Gasteiger charge is -2.15. The first-order valence-corrected chi connectivity index (χ1v) is 5.49. The van der Waals surface area contributed by atoms with Crippen LogP contribution in [-0.4, -0.2) is 28.7 Å². The van der Waals surface area contributed by atoms with E-state index in [0.717, 1.165) is 11.1 Å². The minimum Gasteiger partial charge on any atom is -0.478 e. The molecule has 1 aromatic carbocycles. The Kier molecular flexibility index (Phi) is 3.30. The molecule has 0 aromatic heterocycles. The second kappa shape index (κ2) is 4.61. The molecule has 18 heavy (non-hydrogen) atoms. The highest BCUT2D eigenvalue weighted by atomic mass is 19.4. The highest BCUT2D eigenvalue weighted by molar-refractivity contribution is 5.87. The average Bonchev–Trinajstić information content (AvgIpc) is 2.66. The van der Waals surface area contributed by atoms with Crippen molar-refractivity contribution >= 4 is 5.97 Å². The van der Waals surface area contributed by atoms with E-state index in [0.29, 0.717) is 13.1 Å². The number of rotatable bonds is 3. The smallest absolute Gasteiger partial charge is 0.390 e. The standard InChI is InChI=1S/C12H12F3NO2/c13-12(14,15)3-4-16-6-9-2-1-8(11(17)18)5-10(9)7-16/h1-2,5H,3-4,6-7H2,(H,17,18). The number of halogens is 3. The minimum atomic E-state index is -4.15. The third-order valence-electron chi connectivity index (χ3n) is 2.95. The van der Waals surface area contributed by atoms with Gasteiger partial charge < -0.3 is 5.11 Å². The summed E-state index contributed by atoms with van der Waals surface area (Å²) in [5, 5.41) is 8.83. The lowest BCUT2D eigenvalue weighted by molar-refractivity contribution is -0.138. The zero-order valence-electron chi connectivity index (χ0n) is 9.50. The summed E-state index contributed by atoms with van der Waals surface area (Å²) in [5.74, 6) is -1.02. The van der Waals surface area contributed by atoms with Crippen LogP contribution in [0.15, 0.2) is 18.2 Å². The Morgan fingerprint density at radius 3 is 2.56 bits per heavy atom. The van der Waals surface area contributed by atoms with Crippen LogP contribution < -0.4 is 0 Å². The number of alkyl halides is 3. The molecule has 0 atom stereocenters. The van der Waals surface area contributed by atoms with E-state index < -0.39 is 18.6 Å². The van der Waals surface area contributed by atoms with Gasteiger partial charge in [-0.3, -0.25) is 4.90 Å². The Morgan fingerprint density at radius 1 is 1.28 bits per heavy atom. The van der Waals surface area contributed by atoms with E-state index in [1.807, 2.05) is 0 Å². The van der Waals surface area contributed by atoms with E-state index in [4.69, 9.17) is 5.11 Å². The first-order chi connectivity index (χ1) is 8.35. The summed E-state index contributed by atoms with van der Waals surface area (Å²) in [4.78, 5) is 12.4. The summed E-state index contributed by atoms with van der Waals surface area (Å²) in [5.41, 5.74) is 1.88. The van der Waals surface area contributed by atoms with Crippen LogP contribution >= 0.6 is 0 Å². The lowest BCUT2D eigenvalue weighted by Crippen LogP contribution is -2.23. The van der Waals surface area contributed by atoms with Crippen molar-refractivity contribution in [3.05, 3.63) is 34.9 Å². The molecule has 0 aliphatic carbocycles. The summed E-state index contributed by atoms with van der Waals surface area (Å²) >= 11 is 0. The van der Waals surface area contributed by atoms with Crippen molar-refractivity contribution in [3.63, 3.8) is 0 Å². The van der Waals surface area contributed by atoms with E-state index in [2.05, 4.69) is 0 Å². The van der Waals surface area contributed by atoms with Gasteiger partial charge in [0.05, 0.1) is 12.0 Å². The summed E-state index contributed by atoms with van der Waals surface area (Å²) in [6, 6.07) is 4.69. The molecule has 1 aromatic rings. The van der Waals surface area contributed by atoms with Crippen LogP contribution in [0.5, 0.6) is 0 Å². The number of aromatic carboxylic acids is 1. The molecule has 1 N–H and O–H groups in total. The molecule has 3 nitrogen and oxygen atoms in total. The fourth-order valence-corrected chi connectivity index (χ4v) is 2.04. The second-order valence-electron chi connectivity index (χ2n) is 4.36. The number of hydrogen-bond donors (Lipinski definition) is 1. The van der Waals surface area contributed by atoms with Gasteiger partial charge in [-0.2, -0.15) is 13.2 Å². The fraction of sp³-hybridized carbons (Fsp3) is 0.417. The summed E-state index contributed by atoms with van der Waals surface area (Å²) in [7, 11) is 0. The van der Waals surface area contributed by atoms with E-state index in [1.54, 1.807) is 11.0 Å². The van der Waals surface area contributed by atoms with Crippen molar-refractivity contribution in [2.45, 2.75) is 25.7 Å². The number of carboxylic acid groups (broad SMARTS) is 1. The van der Waals surface area contributed by atoms with Gasteiger partial charge in [-0.25, -0.2) is 4.79 Å². The Morgan fingerprint density at radius 2 is 1.94 bits per heavy atom. The number of benzene rings is 1. The van der Waals surface area contributed by atoms with Gasteiger partial charge >= 0.3 is 12.1 Å². The van der Waals surface area contributed by atoms with Gasteiger partial charge in [-0.15, -0.1) is 0 Å². The SMILES string of the molecule is O=C(O)c1ccc2c(c1)CN(CCC(F)(F)F)C2. The van der Waals surface area contributed by atoms with Gasteiger partial charge in [0.1, 0.15) is 0 Å². The van der Waals surface area contributed by atoms with Crippen molar-refractivity contribution in [2.75, 3.05) is 6.54 Å². The van der Waals surface area contributed by atoms with Crippen molar-refractivity contribution < 1.29 is 23.1 Å². The van der Waals surface area contributed by atoms with E-state index in [-0.39, 0.29) is 12.1 Å². The average molecular weight is 259 g/mol. The van der Waals surface area contributed by atoms with Crippen LogP contribution in [-0.2, 0) is 13.1 Å². The highest BCUT2D eigenvalue weighted by Gasteiger charge is 2.29. The zero-order chi connectivity index (χ0) is 13.3. The van der Waals surface area contributed by atoms with E-state index in [9.17, 15) is 18.0 Å².